The maximum absolute atomic E-state index is 11.5. The van der Waals surface area contributed by atoms with E-state index >= 15 is 0 Å². The van der Waals surface area contributed by atoms with E-state index in [4.69, 9.17) is 5.73 Å². The Labute approximate surface area is 119 Å². The van der Waals surface area contributed by atoms with Crippen molar-refractivity contribution in [3.05, 3.63) is 6.92 Å². The number of ketones is 1. The number of rotatable bonds is 8. The van der Waals surface area contributed by atoms with Gasteiger partial charge in [0.2, 0.25) is 0 Å². The second kappa shape index (κ2) is 10.8. The van der Waals surface area contributed by atoms with Crippen LogP contribution in [0.1, 0.15) is 19.8 Å². The van der Waals surface area contributed by atoms with Gasteiger partial charge in [-0.05, 0) is 33.4 Å². The van der Waals surface area contributed by atoms with Crippen LogP contribution in [0.5, 0.6) is 0 Å². The number of nitrogens with zero attached hydrogens (tertiary/aromatic N) is 1. The van der Waals surface area contributed by atoms with E-state index in [9.17, 15) is 9.59 Å². The SMILES string of the molecule is [CH2-]C(=O)N(CCNC)C(CCCN)C(C)=O.[Nb]. The summed E-state index contributed by atoms with van der Waals surface area (Å²) in [7, 11) is 1.80. The van der Waals surface area contributed by atoms with E-state index < -0.39 is 0 Å². The Bertz CT molecular complexity index is 213. The summed E-state index contributed by atoms with van der Waals surface area (Å²) in [6.07, 6.45) is 1.34. The average Bonchev–Trinajstić information content (AvgIpc) is 2.21. The number of likely N-dealkylation sites (N-methyl/N-ethyl adjacent to an activating group) is 1. The second-order valence-electron chi connectivity index (χ2n) is 3.75. The minimum Gasteiger partial charge on any atom is -0.356 e. The van der Waals surface area contributed by atoms with Crippen molar-refractivity contribution in [1.82, 2.24) is 10.2 Å². The summed E-state index contributed by atoms with van der Waals surface area (Å²) >= 11 is 0. The van der Waals surface area contributed by atoms with Crippen molar-refractivity contribution in [3.8, 4) is 0 Å². The third-order valence-corrected chi connectivity index (χ3v) is 2.45. The van der Waals surface area contributed by atoms with Gasteiger partial charge in [0.1, 0.15) is 0 Å². The van der Waals surface area contributed by atoms with Gasteiger partial charge in [0.25, 0.3) is 0 Å². The molecule has 0 aromatic heterocycles. The molecule has 17 heavy (non-hydrogen) atoms. The van der Waals surface area contributed by atoms with Crippen LogP contribution in [0.3, 0.4) is 0 Å². The van der Waals surface area contributed by atoms with E-state index in [1.54, 1.807) is 7.05 Å². The first-order chi connectivity index (χ1) is 7.54. The Hall–Kier alpha value is -0.330. The number of amides is 1. The smallest absolute Gasteiger partial charge is 0.152 e. The Morgan fingerprint density at radius 1 is 1.47 bits per heavy atom. The van der Waals surface area contributed by atoms with E-state index in [1.165, 1.54) is 11.8 Å². The average molecular weight is 321 g/mol. The Morgan fingerprint density at radius 3 is 2.41 bits per heavy atom. The van der Waals surface area contributed by atoms with Gasteiger partial charge in [-0.1, -0.05) is 0 Å². The van der Waals surface area contributed by atoms with E-state index in [0.717, 1.165) is 6.42 Å². The zero-order valence-corrected chi connectivity index (χ0v) is 12.8. The number of carbonyl (C=O) groups excluding carboxylic acids is 2. The maximum atomic E-state index is 11.5. The van der Waals surface area contributed by atoms with Crippen molar-refractivity contribution < 1.29 is 32.0 Å². The second-order valence-corrected chi connectivity index (χ2v) is 3.75. The number of nitrogens with one attached hydrogen (secondary N) is 1. The van der Waals surface area contributed by atoms with Crippen LogP contribution in [0.4, 0.5) is 0 Å². The molecule has 0 rings (SSSR count). The molecule has 0 bridgehead atoms. The quantitative estimate of drug-likeness (QED) is 0.470. The summed E-state index contributed by atoms with van der Waals surface area (Å²) in [5, 5.41) is 2.95. The summed E-state index contributed by atoms with van der Waals surface area (Å²) in [6.45, 7) is 6.54. The molecule has 5 nitrogen and oxygen atoms in total. The van der Waals surface area contributed by atoms with Crippen molar-refractivity contribution in [2.75, 3.05) is 26.7 Å². The molecule has 0 fully saturated rings. The molecule has 0 aliphatic heterocycles. The molecule has 1 unspecified atom stereocenters. The van der Waals surface area contributed by atoms with Crippen LogP contribution in [-0.4, -0.2) is 49.3 Å². The molecule has 0 aliphatic carbocycles. The van der Waals surface area contributed by atoms with Crippen molar-refractivity contribution in [2.24, 2.45) is 5.73 Å². The number of hydrogen-bond acceptors (Lipinski definition) is 4. The Morgan fingerprint density at radius 2 is 2.06 bits per heavy atom. The largest absolute Gasteiger partial charge is 0.356 e. The van der Waals surface area contributed by atoms with Crippen molar-refractivity contribution >= 4 is 11.7 Å². The fourth-order valence-corrected chi connectivity index (χ4v) is 1.58. The maximum Gasteiger partial charge on any atom is 0.152 e. The van der Waals surface area contributed by atoms with Crippen molar-refractivity contribution in [2.45, 2.75) is 25.8 Å². The first kappa shape index (κ1) is 19.0. The zero-order valence-electron chi connectivity index (χ0n) is 10.6. The molecule has 3 N–H and O–H groups in total. The molecule has 0 aliphatic rings. The van der Waals surface area contributed by atoms with E-state index in [0.29, 0.717) is 26.1 Å². The van der Waals surface area contributed by atoms with Crippen molar-refractivity contribution in [1.29, 1.82) is 0 Å². The molecule has 1 atom stereocenters. The Balaban J connectivity index is 0. The van der Waals surface area contributed by atoms with E-state index in [2.05, 4.69) is 12.2 Å². The van der Waals surface area contributed by atoms with Gasteiger partial charge >= 0.3 is 0 Å². The van der Waals surface area contributed by atoms with E-state index in [-0.39, 0.29) is 40.1 Å². The third kappa shape index (κ3) is 7.57. The fourth-order valence-electron chi connectivity index (χ4n) is 1.58. The molecule has 0 saturated heterocycles. The van der Waals surface area contributed by atoms with Crippen LogP contribution in [0.15, 0.2) is 0 Å². The monoisotopic (exact) mass is 321 g/mol. The molecular formula is C11H22N3NbO2-. The van der Waals surface area contributed by atoms with E-state index in [1.807, 2.05) is 0 Å². The van der Waals surface area contributed by atoms with Crippen LogP contribution in [0.25, 0.3) is 0 Å². The number of Topliss-reactive ketones (excluding diaryl/α,β-unsaturated/α-hetero) is 1. The summed E-state index contributed by atoms with van der Waals surface area (Å²) in [6, 6.07) is -0.387. The summed E-state index contributed by atoms with van der Waals surface area (Å²) in [4.78, 5) is 24.3. The van der Waals surface area contributed by atoms with Gasteiger partial charge in [0.15, 0.2) is 5.78 Å². The molecule has 0 heterocycles. The van der Waals surface area contributed by atoms with Crippen LogP contribution >= 0.6 is 0 Å². The van der Waals surface area contributed by atoms with Gasteiger partial charge in [-0.25, -0.2) is 0 Å². The normalized spacial score (nSPS) is 11.5. The molecule has 0 saturated carbocycles. The molecule has 1 radical (unpaired) electrons. The minimum absolute atomic E-state index is 0. The van der Waals surface area contributed by atoms with Crippen molar-refractivity contribution in [3.63, 3.8) is 0 Å². The molecule has 0 spiro atoms. The molecule has 1 amide bonds. The topological polar surface area (TPSA) is 75.4 Å². The first-order valence-corrected chi connectivity index (χ1v) is 5.52. The van der Waals surface area contributed by atoms with Gasteiger partial charge in [-0.15, -0.1) is 0 Å². The summed E-state index contributed by atoms with van der Waals surface area (Å²) < 4.78 is 0. The van der Waals surface area contributed by atoms with Gasteiger partial charge in [0, 0.05) is 35.5 Å². The number of nitrogens with two attached hydrogens (primary N) is 1. The fraction of sp³-hybridized carbons (Fsp3) is 0.727. The minimum atomic E-state index is -0.387. The van der Waals surface area contributed by atoms with Gasteiger partial charge in [0.05, 0.1) is 11.9 Å². The van der Waals surface area contributed by atoms with Gasteiger partial charge in [-0.2, -0.15) is 0 Å². The number of hydrogen-bond donors (Lipinski definition) is 2. The van der Waals surface area contributed by atoms with Crippen LogP contribution in [-0.2, 0) is 32.0 Å². The summed E-state index contributed by atoms with van der Waals surface area (Å²) in [5.74, 6) is -0.325. The standard InChI is InChI=1S/C11H22N3O2.Nb/c1-9(15)11(5-4-6-12)14(10(2)16)8-7-13-3;/h11,13H,2,4-8,12H2,1,3H3;/q-1;. The number of carbonyl (C=O) groups is 2. The van der Waals surface area contributed by atoms with Crippen LogP contribution < -0.4 is 11.1 Å². The van der Waals surface area contributed by atoms with Gasteiger partial charge in [-0.3, -0.25) is 4.79 Å². The van der Waals surface area contributed by atoms with Gasteiger partial charge < -0.3 is 27.7 Å². The van der Waals surface area contributed by atoms with Crippen LogP contribution in [0, 0.1) is 6.92 Å². The molecular weight excluding hydrogens is 299 g/mol. The third-order valence-electron chi connectivity index (χ3n) is 2.45. The molecule has 6 heteroatoms. The first-order valence-electron chi connectivity index (χ1n) is 5.52. The molecule has 0 aromatic carbocycles. The molecule has 0 aromatic rings. The summed E-state index contributed by atoms with van der Waals surface area (Å²) in [5.41, 5.74) is 5.41. The predicted molar refractivity (Wildman–Crippen MR) is 63.8 cm³/mol. The molecule has 99 valence electrons. The zero-order chi connectivity index (χ0) is 12.6. The van der Waals surface area contributed by atoms with Crippen LogP contribution in [0.2, 0.25) is 0 Å². The Kier molecular flexibility index (Phi) is 12.1. The predicted octanol–water partition coefficient (Wildman–Crippen LogP) is -0.438.